The Kier molecular flexibility index (Phi) is 6.11. The number of benzene rings is 2. The SMILES string of the molecule is CCCCNS(=O)(=O)c1ccc(C(=O)Nc2ccccc2C)cc1. The molecule has 0 unspecified atom stereocenters. The first-order valence-electron chi connectivity index (χ1n) is 7.91. The molecule has 24 heavy (non-hydrogen) atoms. The maximum atomic E-state index is 12.3. The van der Waals surface area contributed by atoms with E-state index in [0.717, 1.165) is 24.1 Å². The number of aryl methyl sites for hydroxylation is 1. The molecule has 0 bridgehead atoms. The lowest BCUT2D eigenvalue weighted by Crippen LogP contribution is -2.24. The Morgan fingerprint density at radius 1 is 1.04 bits per heavy atom. The topological polar surface area (TPSA) is 75.3 Å². The van der Waals surface area contributed by atoms with E-state index in [1.807, 2.05) is 38.1 Å². The number of hydrogen-bond donors (Lipinski definition) is 2. The third kappa shape index (κ3) is 4.66. The number of amides is 1. The van der Waals surface area contributed by atoms with E-state index in [4.69, 9.17) is 0 Å². The highest BCUT2D eigenvalue weighted by atomic mass is 32.2. The molecule has 0 radical (unpaired) electrons. The van der Waals surface area contributed by atoms with E-state index in [1.165, 1.54) is 24.3 Å². The Balaban J connectivity index is 2.09. The maximum absolute atomic E-state index is 12.3. The van der Waals surface area contributed by atoms with Crippen LogP contribution in [0.4, 0.5) is 5.69 Å². The van der Waals surface area contributed by atoms with Gasteiger partial charge in [-0.05, 0) is 49.2 Å². The minimum atomic E-state index is -3.52. The van der Waals surface area contributed by atoms with Gasteiger partial charge in [0.2, 0.25) is 10.0 Å². The van der Waals surface area contributed by atoms with Crippen molar-refractivity contribution < 1.29 is 13.2 Å². The third-order valence-corrected chi connectivity index (χ3v) is 5.12. The number of rotatable bonds is 7. The zero-order valence-electron chi connectivity index (χ0n) is 13.9. The summed E-state index contributed by atoms with van der Waals surface area (Å²) in [5.41, 5.74) is 2.11. The lowest BCUT2D eigenvalue weighted by atomic mass is 10.1. The molecular formula is C18H22N2O3S. The molecule has 0 aromatic heterocycles. The zero-order valence-corrected chi connectivity index (χ0v) is 14.7. The molecule has 0 saturated heterocycles. The van der Waals surface area contributed by atoms with E-state index in [0.29, 0.717) is 12.1 Å². The van der Waals surface area contributed by atoms with Crippen molar-refractivity contribution in [3.63, 3.8) is 0 Å². The second-order valence-corrected chi connectivity index (χ2v) is 7.31. The van der Waals surface area contributed by atoms with Gasteiger partial charge in [-0.3, -0.25) is 4.79 Å². The first kappa shape index (κ1) is 18.2. The second kappa shape index (κ2) is 8.08. The summed E-state index contributed by atoms with van der Waals surface area (Å²) < 4.78 is 26.8. The average molecular weight is 346 g/mol. The van der Waals surface area contributed by atoms with Gasteiger partial charge in [0, 0.05) is 17.8 Å². The van der Waals surface area contributed by atoms with Gasteiger partial charge in [-0.2, -0.15) is 0 Å². The molecule has 2 rings (SSSR count). The molecule has 2 N–H and O–H groups in total. The van der Waals surface area contributed by atoms with Gasteiger partial charge >= 0.3 is 0 Å². The molecule has 2 aromatic carbocycles. The van der Waals surface area contributed by atoms with E-state index < -0.39 is 10.0 Å². The molecule has 5 nitrogen and oxygen atoms in total. The number of carbonyl (C=O) groups excluding carboxylic acids is 1. The summed E-state index contributed by atoms with van der Waals surface area (Å²) in [6.45, 7) is 4.32. The molecule has 1 amide bonds. The van der Waals surface area contributed by atoms with Crippen molar-refractivity contribution >= 4 is 21.6 Å². The standard InChI is InChI=1S/C18H22N2O3S/c1-3-4-13-19-24(22,23)16-11-9-15(10-12-16)18(21)20-17-8-6-5-7-14(17)2/h5-12,19H,3-4,13H2,1-2H3,(H,20,21). The van der Waals surface area contributed by atoms with E-state index in [-0.39, 0.29) is 10.8 Å². The molecule has 0 saturated carbocycles. The van der Waals surface area contributed by atoms with E-state index >= 15 is 0 Å². The van der Waals surface area contributed by atoms with Crippen molar-refractivity contribution in [2.24, 2.45) is 0 Å². The summed E-state index contributed by atoms with van der Waals surface area (Å²) >= 11 is 0. The molecule has 0 spiro atoms. The highest BCUT2D eigenvalue weighted by Gasteiger charge is 2.14. The summed E-state index contributed by atoms with van der Waals surface area (Å²) in [5.74, 6) is -0.271. The average Bonchev–Trinajstić information content (AvgIpc) is 2.57. The smallest absolute Gasteiger partial charge is 0.255 e. The summed E-state index contributed by atoms with van der Waals surface area (Å²) in [7, 11) is -3.52. The van der Waals surface area contributed by atoms with Gasteiger partial charge in [-0.25, -0.2) is 13.1 Å². The number of hydrogen-bond acceptors (Lipinski definition) is 3. The van der Waals surface area contributed by atoms with Crippen molar-refractivity contribution in [1.29, 1.82) is 0 Å². The molecule has 0 aliphatic heterocycles. The molecule has 2 aromatic rings. The van der Waals surface area contributed by atoms with Gasteiger partial charge in [-0.15, -0.1) is 0 Å². The minimum Gasteiger partial charge on any atom is -0.322 e. The van der Waals surface area contributed by atoms with Crippen LogP contribution in [0.1, 0.15) is 35.7 Å². The maximum Gasteiger partial charge on any atom is 0.255 e. The van der Waals surface area contributed by atoms with Crippen molar-refractivity contribution in [2.75, 3.05) is 11.9 Å². The normalized spacial score (nSPS) is 11.2. The van der Waals surface area contributed by atoms with Gasteiger partial charge in [-0.1, -0.05) is 31.5 Å². The van der Waals surface area contributed by atoms with Crippen LogP contribution < -0.4 is 10.0 Å². The Hall–Kier alpha value is -2.18. The molecule has 0 aliphatic rings. The highest BCUT2D eigenvalue weighted by molar-refractivity contribution is 7.89. The van der Waals surface area contributed by atoms with Crippen LogP contribution in [0.5, 0.6) is 0 Å². The van der Waals surface area contributed by atoms with Crippen molar-refractivity contribution in [1.82, 2.24) is 4.72 Å². The molecule has 0 heterocycles. The van der Waals surface area contributed by atoms with Crippen LogP contribution in [0.3, 0.4) is 0 Å². The number of anilines is 1. The van der Waals surface area contributed by atoms with Crippen LogP contribution in [0.15, 0.2) is 53.4 Å². The zero-order chi connectivity index (χ0) is 17.6. The molecular weight excluding hydrogens is 324 g/mol. The number of carbonyl (C=O) groups is 1. The second-order valence-electron chi connectivity index (χ2n) is 5.54. The van der Waals surface area contributed by atoms with Crippen LogP contribution in [0, 0.1) is 6.92 Å². The summed E-state index contributed by atoms with van der Waals surface area (Å²) in [5, 5.41) is 2.82. The van der Waals surface area contributed by atoms with Crippen LogP contribution in [0.25, 0.3) is 0 Å². The van der Waals surface area contributed by atoms with Gasteiger partial charge in [0.05, 0.1) is 4.90 Å². The number of sulfonamides is 1. The van der Waals surface area contributed by atoms with Crippen LogP contribution in [-0.2, 0) is 10.0 Å². The van der Waals surface area contributed by atoms with Crippen molar-refractivity contribution in [2.45, 2.75) is 31.6 Å². The lowest BCUT2D eigenvalue weighted by Gasteiger charge is -2.09. The molecule has 0 aliphatic carbocycles. The summed E-state index contributed by atoms with van der Waals surface area (Å²) in [6, 6.07) is 13.4. The summed E-state index contributed by atoms with van der Waals surface area (Å²) in [4.78, 5) is 12.4. The molecule has 0 atom stereocenters. The fraction of sp³-hybridized carbons (Fsp3) is 0.278. The largest absolute Gasteiger partial charge is 0.322 e. The number of nitrogens with one attached hydrogen (secondary N) is 2. The van der Waals surface area contributed by atoms with E-state index in [1.54, 1.807) is 0 Å². The minimum absolute atomic E-state index is 0.158. The lowest BCUT2D eigenvalue weighted by molar-refractivity contribution is 0.102. The quantitative estimate of drug-likeness (QED) is 0.755. The van der Waals surface area contributed by atoms with Gasteiger partial charge < -0.3 is 5.32 Å². The molecule has 0 fully saturated rings. The highest BCUT2D eigenvalue weighted by Crippen LogP contribution is 2.16. The van der Waals surface area contributed by atoms with Gasteiger partial charge in [0.1, 0.15) is 0 Å². The summed E-state index contributed by atoms with van der Waals surface area (Å²) in [6.07, 6.45) is 1.71. The number of unbranched alkanes of at least 4 members (excludes halogenated alkanes) is 1. The fourth-order valence-electron chi connectivity index (χ4n) is 2.16. The molecule has 6 heteroatoms. The van der Waals surface area contributed by atoms with Gasteiger partial charge in [0.25, 0.3) is 5.91 Å². The van der Waals surface area contributed by atoms with Crippen LogP contribution in [0.2, 0.25) is 0 Å². The Bertz CT molecular complexity index is 799. The van der Waals surface area contributed by atoms with E-state index in [2.05, 4.69) is 10.0 Å². The van der Waals surface area contributed by atoms with Crippen molar-refractivity contribution in [3.05, 3.63) is 59.7 Å². The first-order chi connectivity index (χ1) is 11.4. The fourth-order valence-corrected chi connectivity index (χ4v) is 3.23. The first-order valence-corrected chi connectivity index (χ1v) is 9.39. The predicted molar refractivity (Wildman–Crippen MR) is 95.7 cm³/mol. The van der Waals surface area contributed by atoms with E-state index in [9.17, 15) is 13.2 Å². The third-order valence-electron chi connectivity index (χ3n) is 3.64. The van der Waals surface area contributed by atoms with Crippen LogP contribution >= 0.6 is 0 Å². The monoisotopic (exact) mass is 346 g/mol. The number of para-hydroxylation sites is 1. The Labute approximate surface area is 143 Å². The predicted octanol–water partition coefficient (Wildman–Crippen LogP) is 3.33. The van der Waals surface area contributed by atoms with Crippen LogP contribution in [-0.4, -0.2) is 20.9 Å². The Morgan fingerprint density at radius 2 is 1.71 bits per heavy atom. The van der Waals surface area contributed by atoms with Crippen molar-refractivity contribution in [3.8, 4) is 0 Å². The Morgan fingerprint density at radius 3 is 2.33 bits per heavy atom. The van der Waals surface area contributed by atoms with Gasteiger partial charge in [0.15, 0.2) is 0 Å². The molecule has 128 valence electrons.